The molecule has 0 saturated heterocycles. The van der Waals surface area contributed by atoms with Crippen LogP contribution < -0.4 is 4.74 Å². The summed E-state index contributed by atoms with van der Waals surface area (Å²) in [6, 6.07) is 5.26. The molecular formula is C12H15ClO3. The Morgan fingerprint density at radius 3 is 2.75 bits per heavy atom. The molecule has 88 valence electrons. The van der Waals surface area contributed by atoms with Crippen molar-refractivity contribution < 1.29 is 14.3 Å². The summed E-state index contributed by atoms with van der Waals surface area (Å²) >= 11 is 5.87. The van der Waals surface area contributed by atoms with Gasteiger partial charge >= 0.3 is 0 Å². The van der Waals surface area contributed by atoms with E-state index in [9.17, 15) is 4.79 Å². The van der Waals surface area contributed by atoms with Gasteiger partial charge in [0.2, 0.25) is 0 Å². The maximum atomic E-state index is 11.6. The third-order valence-electron chi connectivity index (χ3n) is 2.22. The molecule has 4 heteroatoms. The summed E-state index contributed by atoms with van der Waals surface area (Å²) in [5, 5.41) is 0.607. The van der Waals surface area contributed by atoms with E-state index >= 15 is 0 Å². The maximum absolute atomic E-state index is 11.6. The second-order valence-electron chi connectivity index (χ2n) is 3.41. The molecule has 0 aromatic heterocycles. The maximum Gasteiger partial charge on any atom is 0.139 e. The van der Waals surface area contributed by atoms with Crippen molar-refractivity contribution in [3.8, 4) is 5.75 Å². The topological polar surface area (TPSA) is 35.5 Å². The van der Waals surface area contributed by atoms with Crippen LogP contribution in [0.15, 0.2) is 18.2 Å². The van der Waals surface area contributed by atoms with Crippen LogP contribution in [0.3, 0.4) is 0 Å². The van der Waals surface area contributed by atoms with E-state index in [2.05, 4.69) is 0 Å². The number of carbonyl (C=O) groups excluding carboxylic acids is 1. The Bertz CT molecular complexity index is 363. The molecule has 0 amide bonds. The lowest BCUT2D eigenvalue weighted by Crippen LogP contribution is -2.07. The summed E-state index contributed by atoms with van der Waals surface area (Å²) in [6.07, 6.45) is 0.735. The minimum atomic E-state index is 0.113. The van der Waals surface area contributed by atoms with Gasteiger partial charge < -0.3 is 9.47 Å². The van der Waals surface area contributed by atoms with Gasteiger partial charge in [-0.3, -0.25) is 4.79 Å². The SMILES string of the molecule is COCCC(=O)Cc1cc(Cl)ccc1OC. The van der Waals surface area contributed by atoms with Gasteiger partial charge in [-0.2, -0.15) is 0 Å². The predicted octanol–water partition coefficient (Wildman–Crippen LogP) is 2.50. The smallest absolute Gasteiger partial charge is 0.139 e. The summed E-state index contributed by atoms with van der Waals surface area (Å²) in [7, 11) is 3.15. The van der Waals surface area contributed by atoms with E-state index in [0.29, 0.717) is 30.2 Å². The van der Waals surface area contributed by atoms with E-state index in [4.69, 9.17) is 21.1 Å². The van der Waals surface area contributed by atoms with Crippen LogP contribution in [0, 0.1) is 0 Å². The first-order chi connectivity index (χ1) is 7.67. The van der Waals surface area contributed by atoms with Crippen LogP contribution in [0.5, 0.6) is 5.75 Å². The fourth-order valence-electron chi connectivity index (χ4n) is 1.40. The molecule has 0 radical (unpaired) electrons. The van der Waals surface area contributed by atoms with Crippen molar-refractivity contribution in [1.82, 2.24) is 0 Å². The normalized spacial score (nSPS) is 10.2. The quantitative estimate of drug-likeness (QED) is 0.769. The lowest BCUT2D eigenvalue weighted by molar-refractivity contribution is -0.119. The number of rotatable bonds is 6. The van der Waals surface area contributed by atoms with Gasteiger partial charge in [0.15, 0.2) is 0 Å². The molecule has 1 rings (SSSR count). The van der Waals surface area contributed by atoms with Crippen molar-refractivity contribution in [1.29, 1.82) is 0 Å². The number of hydrogen-bond donors (Lipinski definition) is 0. The summed E-state index contributed by atoms with van der Waals surface area (Å²) in [4.78, 5) is 11.6. The van der Waals surface area contributed by atoms with Crippen LogP contribution in [-0.2, 0) is 16.0 Å². The zero-order valence-electron chi connectivity index (χ0n) is 9.46. The Labute approximate surface area is 100 Å². The molecule has 0 atom stereocenters. The van der Waals surface area contributed by atoms with Crippen LogP contribution in [0.2, 0.25) is 5.02 Å². The van der Waals surface area contributed by atoms with Crippen LogP contribution in [-0.4, -0.2) is 26.6 Å². The number of benzene rings is 1. The molecule has 0 spiro atoms. The van der Waals surface area contributed by atoms with Crippen LogP contribution in [0.1, 0.15) is 12.0 Å². The molecule has 0 aliphatic rings. The van der Waals surface area contributed by atoms with Crippen molar-refractivity contribution in [3.05, 3.63) is 28.8 Å². The number of Topliss-reactive ketones (excluding diaryl/α,β-unsaturated/α-hetero) is 1. The van der Waals surface area contributed by atoms with Gasteiger partial charge in [-0.15, -0.1) is 0 Å². The number of carbonyl (C=O) groups is 1. The Balaban J connectivity index is 2.71. The van der Waals surface area contributed by atoms with Crippen molar-refractivity contribution >= 4 is 17.4 Å². The van der Waals surface area contributed by atoms with Gasteiger partial charge in [-0.25, -0.2) is 0 Å². The largest absolute Gasteiger partial charge is 0.496 e. The number of hydrogen-bond acceptors (Lipinski definition) is 3. The first-order valence-corrected chi connectivity index (χ1v) is 5.38. The summed E-state index contributed by atoms with van der Waals surface area (Å²) in [5.74, 6) is 0.803. The molecule has 0 unspecified atom stereocenters. The van der Waals surface area contributed by atoms with Gasteiger partial charge in [0, 0.05) is 30.5 Å². The zero-order valence-corrected chi connectivity index (χ0v) is 10.2. The van der Waals surface area contributed by atoms with Gasteiger partial charge in [-0.1, -0.05) is 11.6 Å². The molecule has 0 saturated carbocycles. The molecule has 0 bridgehead atoms. The number of halogens is 1. The average Bonchev–Trinajstić information content (AvgIpc) is 2.27. The van der Waals surface area contributed by atoms with Gasteiger partial charge in [-0.05, 0) is 18.2 Å². The second-order valence-corrected chi connectivity index (χ2v) is 3.85. The first kappa shape index (κ1) is 13.0. The Morgan fingerprint density at radius 2 is 2.12 bits per heavy atom. The molecule has 16 heavy (non-hydrogen) atoms. The highest BCUT2D eigenvalue weighted by Crippen LogP contribution is 2.23. The fourth-order valence-corrected chi connectivity index (χ4v) is 1.60. The standard InChI is InChI=1S/C12H15ClO3/c1-15-6-5-11(14)8-9-7-10(13)3-4-12(9)16-2/h3-4,7H,5-6,8H2,1-2H3. The lowest BCUT2D eigenvalue weighted by atomic mass is 10.1. The van der Waals surface area contributed by atoms with E-state index in [0.717, 1.165) is 5.56 Å². The first-order valence-electron chi connectivity index (χ1n) is 5.00. The molecular weight excluding hydrogens is 228 g/mol. The van der Waals surface area contributed by atoms with Crippen molar-refractivity contribution in [2.24, 2.45) is 0 Å². The minimum Gasteiger partial charge on any atom is -0.496 e. The molecule has 0 heterocycles. The van der Waals surface area contributed by atoms with Crippen molar-refractivity contribution in [2.45, 2.75) is 12.8 Å². The van der Waals surface area contributed by atoms with E-state index in [1.54, 1.807) is 32.4 Å². The Hall–Kier alpha value is -1.06. The Morgan fingerprint density at radius 1 is 1.38 bits per heavy atom. The number of methoxy groups -OCH3 is 2. The second kappa shape index (κ2) is 6.51. The van der Waals surface area contributed by atoms with Crippen LogP contribution in [0.4, 0.5) is 0 Å². The zero-order chi connectivity index (χ0) is 12.0. The third kappa shape index (κ3) is 3.83. The van der Waals surface area contributed by atoms with Crippen LogP contribution >= 0.6 is 11.6 Å². The van der Waals surface area contributed by atoms with E-state index < -0.39 is 0 Å². The highest BCUT2D eigenvalue weighted by Gasteiger charge is 2.09. The highest BCUT2D eigenvalue weighted by atomic mass is 35.5. The molecule has 0 aliphatic heterocycles. The molecule has 0 N–H and O–H groups in total. The third-order valence-corrected chi connectivity index (χ3v) is 2.45. The van der Waals surface area contributed by atoms with Crippen LogP contribution in [0.25, 0.3) is 0 Å². The van der Waals surface area contributed by atoms with Gasteiger partial charge in [0.05, 0.1) is 13.7 Å². The van der Waals surface area contributed by atoms with Crippen molar-refractivity contribution in [3.63, 3.8) is 0 Å². The monoisotopic (exact) mass is 242 g/mol. The lowest BCUT2D eigenvalue weighted by Gasteiger charge is -2.08. The van der Waals surface area contributed by atoms with Gasteiger partial charge in [0.25, 0.3) is 0 Å². The van der Waals surface area contributed by atoms with Gasteiger partial charge in [0.1, 0.15) is 11.5 Å². The number of ketones is 1. The number of ether oxygens (including phenoxy) is 2. The average molecular weight is 243 g/mol. The molecule has 1 aromatic carbocycles. The summed E-state index contributed by atoms with van der Waals surface area (Å²) in [5.41, 5.74) is 0.816. The highest BCUT2D eigenvalue weighted by molar-refractivity contribution is 6.30. The van der Waals surface area contributed by atoms with E-state index in [-0.39, 0.29) is 5.78 Å². The molecule has 0 fully saturated rings. The summed E-state index contributed by atoms with van der Waals surface area (Å²) < 4.78 is 10.0. The van der Waals surface area contributed by atoms with E-state index in [1.807, 2.05) is 0 Å². The minimum absolute atomic E-state index is 0.113. The summed E-state index contributed by atoms with van der Waals surface area (Å²) in [6.45, 7) is 0.446. The van der Waals surface area contributed by atoms with Crippen molar-refractivity contribution in [2.75, 3.05) is 20.8 Å². The predicted molar refractivity (Wildman–Crippen MR) is 63.2 cm³/mol. The molecule has 1 aromatic rings. The fraction of sp³-hybridized carbons (Fsp3) is 0.417. The van der Waals surface area contributed by atoms with E-state index in [1.165, 1.54) is 0 Å². The molecule has 3 nitrogen and oxygen atoms in total. The molecule has 0 aliphatic carbocycles. The Kier molecular flexibility index (Phi) is 5.29.